The molecule has 0 aliphatic heterocycles. The zero-order chi connectivity index (χ0) is 17.8. The van der Waals surface area contributed by atoms with Crippen molar-refractivity contribution in [1.29, 1.82) is 0 Å². The van der Waals surface area contributed by atoms with E-state index in [0.29, 0.717) is 5.82 Å². The number of nitrogens with one attached hydrogen (secondary N) is 2. The predicted octanol–water partition coefficient (Wildman–Crippen LogP) is 2.50. The van der Waals surface area contributed by atoms with Gasteiger partial charge in [0.25, 0.3) is 5.91 Å². The van der Waals surface area contributed by atoms with Gasteiger partial charge in [-0.2, -0.15) is 0 Å². The number of aromatic nitrogens is 1. The molecular weight excluding hydrogens is 322 g/mol. The van der Waals surface area contributed by atoms with Crippen molar-refractivity contribution in [2.45, 2.75) is 0 Å². The van der Waals surface area contributed by atoms with Gasteiger partial charge in [-0.3, -0.25) is 9.59 Å². The summed E-state index contributed by atoms with van der Waals surface area (Å²) in [5.74, 6) is -1.92. The van der Waals surface area contributed by atoms with E-state index in [4.69, 9.17) is 5.11 Å². The van der Waals surface area contributed by atoms with Crippen molar-refractivity contribution in [3.8, 4) is 5.75 Å². The largest absolute Gasteiger partial charge is 0.505 e. The Labute approximate surface area is 142 Å². The number of anilines is 2. The Morgan fingerprint density at radius 3 is 2.52 bits per heavy atom. The van der Waals surface area contributed by atoms with E-state index in [2.05, 4.69) is 15.6 Å². The molecule has 7 nitrogen and oxygen atoms in total. The highest BCUT2D eigenvalue weighted by Gasteiger charge is 2.15. The Hall–Kier alpha value is -3.61. The highest BCUT2D eigenvalue weighted by molar-refractivity contribution is 5.96. The summed E-state index contributed by atoms with van der Waals surface area (Å²) in [6, 6.07) is 16.5. The molecule has 25 heavy (non-hydrogen) atoms. The average Bonchev–Trinajstić information content (AvgIpc) is 2.61. The first-order chi connectivity index (χ1) is 12.0. The van der Waals surface area contributed by atoms with Crippen molar-refractivity contribution in [3.63, 3.8) is 0 Å². The van der Waals surface area contributed by atoms with Crippen molar-refractivity contribution >= 4 is 34.2 Å². The van der Waals surface area contributed by atoms with Crippen molar-refractivity contribution in [2.24, 2.45) is 0 Å². The molecule has 0 fully saturated rings. The monoisotopic (exact) mass is 337 g/mol. The first-order valence-electron chi connectivity index (χ1n) is 7.49. The van der Waals surface area contributed by atoms with Gasteiger partial charge in [-0.05, 0) is 35.0 Å². The molecule has 0 unspecified atom stereocenters. The highest BCUT2D eigenvalue weighted by Crippen LogP contribution is 2.23. The number of benzene rings is 2. The molecule has 1 heterocycles. The molecule has 1 amide bonds. The van der Waals surface area contributed by atoms with Crippen LogP contribution >= 0.6 is 0 Å². The van der Waals surface area contributed by atoms with Crippen molar-refractivity contribution in [1.82, 2.24) is 10.3 Å². The number of carboxylic acids is 1. The lowest BCUT2D eigenvalue weighted by molar-refractivity contribution is -0.135. The number of aliphatic carboxylic acids is 1. The summed E-state index contributed by atoms with van der Waals surface area (Å²) >= 11 is 0. The van der Waals surface area contributed by atoms with Gasteiger partial charge in [0.2, 0.25) is 0 Å². The number of fused-ring (bicyclic) bond motifs is 1. The van der Waals surface area contributed by atoms with Gasteiger partial charge in [0.15, 0.2) is 5.69 Å². The predicted molar refractivity (Wildman–Crippen MR) is 93.1 cm³/mol. The molecule has 0 saturated carbocycles. The fraction of sp³-hybridized carbons (Fsp3) is 0.0556. The van der Waals surface area contributed by atoms with Crippen LogP contribution in [0.5, 0.6) is 5.75 Å². The average molecular weight is 337 g/mol. The third-order valence-electron chi connectivity index (χ3n) is 3.51. The molecular formula is C18H15N3O4. The summed E-state index contributed by atoms with van der Waals surface area (Å²) in [7, 11) is 0. The molecule has 3 rings (SSSR count). The van der Waals surface area contributed by atoms with E-state index in [1.54, 1.807) is 0 Å². The number of hydrogen-bond acceptors (Lipinski definition) is 5. The Balaban J connectivity index is 1.83. The van der Waals surface area contributed by atoms with Crippen LogP contribution in [-0.4, -0.2) is 33.6 Å². The van der Waals surface area contributed by atoms with Gasteiger partial charge in [0.1, 0.15) is 18.1 Å². The minimum atomic E-state index is -1.18. The number of pyridine rings is 1. The number of amides is 1. The van der Waals surface area contributed by atoms with Crippen LogP contribution in [0.3, 0.4) is 0 Å². The third kappa shape index (κ3) is 3.84. The Bertz CT molecular complexity index is 956. The van der Waals surface area contributed by atoms with E-state index < -0.39 is 18.4 Å². The van der Waals surface area contributed by atoms with Gasteiger partial charge in [-0.15, -0.1) is 0 Å². The fourth-order valence-electron chi connectivity index (χ4n) is 2.34. The molecule has 2 aromatic carbocycles. The second-order valence-corrected chi connectivity index (χ2v) is 5.33. The zero-order valence-electron chi connectivity index (χ0n) is 13.1. The molecule has 0 radical (unpaired) electrons. The van der Waals surface area contributed by atoms with Crippen molar-refractivity contribution in [3.05, 3.63) is 60.3 Å². The molecule has 0 atom stereocenters. The summed E-state index contributed by atoms with van der Waals surface area (Å²) in [6.45, 7) is -0.553. The minimum Gasteiger partial charge on any atom is -0.505 e. The first kappa shape index (κ1) is 16.3. The maximum absolute atomic E-state index is 11.9. The van der Waals surface area contributed by atoms with E-state index in [-0.39, 0.29) is 11.4 Å². The van der Waals surface area contributed by atoms with Crippen LogP contribution in [0.25, 0.3) is 10.8 Å². The van der Waals surface area contributed by atoms with Gasteiger partial charge < -0.3 is 20.8 Å². The van der Waals surface area contributed by atoms with Gasteiger partial charge in [-0.25, -0.2) is 4.98 Å². The van der Waals surface area contributed by atoms with Crippen LogP contribution < -0.4 is 10.6 Å². The molecule has 126 valence electrons. The maximum Gasteiger partial charge on any atom is 0.322 e. The standard InChI is InChI=1S/C18H15N3O4/c22-14-7-8-15(21-17(14)18(25)19-10-16(23)24)20-13-6-5-11-3-1-2-4-12(11)9-13/h1-9,22H,10H2,(H,19,25)(H,20,21)(H,23,24). The van der Waals surface area contributed by atoms with Crippen LogP contribution in [0, 0.1) is 0 Å². The zero-order valence-corrected chi connectivity index (χ0v) is 13.1. The van der Waals surface area contributed by atoms with E-state index in [0.717, 1.165) is 16.5 Å². The lowest BCUT2D eigenvalue weighted by atomic mass is 10.1. The lowest BCUT2D eigenvalue weighted by Crippen LogP contribution is -2.30. The number of nitrogens with zero attached hydrogens (tertiary/aromatic N) is 1. The molecule has 0 bridgehead atoms. The van der Waals surface area contributed by atoms with Gasteiger partial charge >= 0.3 is 5.97 Å². The third-order valence-corrected chi connectivity index (χ3v) is 3.51. The van der Waals surface area contributed by atoms with Crippen LogP contribution in [0.4, 0.5) is 11.5 Å². The van der Waals surface area contributed by atoms with E-state index in [9.17, 15) is 14.7 Å². The quantitative estimate of drug-likeness (QED) is 0.569. The van der Waals surface area contributed by atoms with Crippen LogP contribution in [-0.2, 0) is 4.79 Å². The molecule has 0 saturated heterocycles. The van der Waals surface area contributed by atoms with Gasteiger partial charge in [-0.1, -0.05) is 30.3 Å². The summed E-state index contributed by atoms with van der Waals surface area (Å²) in [4.78, 5) is 26.5. The molecule has 0 aliphatic rings. The van der Waals surface area contributed by atoms with E-state index in [1.165, 1.54) is 12.1 Å². The molecule has 4 N–H and O–H groups in total. The highest BCUT2D eigenvalue weighted by atomic mass is 16.4. The molecule has 7 heteroatoms. The number of carboxylic acid groups (broad SMARTS) is 1. The number of aromatic hydroxyl groups is 1. The fourth-order valence-corrected chi connectivity index (χ4v) is 2.34. The smallest absolute Gasteiger partial charge is 0.322 e. The SMILES string of the molecule is O=C(O)CNC(=O)c1nc(Nc2ccc3ccccc3c2)ccc1O. The van der Waals surface area contributed by atoms with Crippen LogP contribution in [0.2, 0.25) is 0 Å². The number of hydrogen-bond donors (Lipinski definition) is 4. The minimum absolute atomic E-state index is 0.243. The van der Waals surface area contributed by atoms with Gasteiger partial charge in [0, 0.05) is 5.69 Å². The number of carbonyl (C=O) groups excluding carboxylic acids is 1. The van der Waals surface area contributed by atoms with Crippen molar-refractivity contribution < 1.29 is 19.8 Å². The summed E-state index contributed by atoms with van der Waals surface area (Å²) in [6.07, 6.45) is 0. The summed E-state index contributed by atoms with van der Waals surface area (Å²) < 4.78 is 0. The van der Waals surface area contributed by atoms with Crippen molar-refractivity contribution in [2.75, 3.05) is 11.9 Å². The normalized spacial score (nSPS) is 10.4. The van der Waals surface area contributed by atoms with Crippen LogP contribution in [0.15, 0.2) is 54.6 Å². The maximum atomic E-state index is 11.9. The number of rotatable bonds is 5. The number of carbonyl (C=O) groups is 2. The molecule has 3 aromatic rings. The topological polar surface area (TPSA) is 112 Å². The van der Waals surface area contributed by atoms with E-state index in [1.807, 2.05) is 42.5 Å². The Morgan fingerprint density at radius 1 is 1.00 bits per heavy atom. The Kier molecular flexibility index (Phi) is 4.47. The molecule has 0 aliphatic carbocycles. The van der Waals surface area contributed by atoms with Gasteiger partial charge in [0.05, 0.1) is 0 Å². The second-order valence-electron chi connectivity index (χ2n) is 5.33. The summed E-state index contributed by atoms with van der Waals surface area (Å²) in [5, 5.41) is 25.8. The Morgan fingerprint density at radius 2 is 1.76 bits per heavy atom. The second kappa shape index (κ2) is 6.88. The molecule has 0 spiro atoms. The van der Waals surface area contributed by atoms with Crippen LogP contribution in [0.1, 0.15) is 10.5 Å². The lowest BCUT2D eigenvalue weighted by Gasteiger charge is -2.10. The molecule has 1 aromatic heterocycles. The first-order valence-corrected chi connectivity index (χ1v) is 7.49. The summed E-state index contributed by atoms with van der Waals surface area (Å²) in [5.41, 5.74) is 0.529. The van der Waals surface area contributed by atoms with E-state index >= 15 is 0 Å².